The summed E-state index contributed by atoms with van der Waals surface area (Å²) in [6.45, 7) is 2.20. The summed E-state index contributed by atoms with van der Waals surface area (Å²) in [7, 11) is 1.80. The van der Waals surface area contributed by atoms with Crippen molar-refractivity contribution in [3.63, 3.8) is 0 Å². The molecule has 2 aliphatic heterocycles. The molecule has 2 bridgehead atoms. The Morgan fingerprint density at radius 2 is 1.86 bits per heavy atom. The summed E-state index contributed by atoms with van der Waals surface area (Å²) in [5, 5.41) is 16.3. The number of amides is 2. The van der Waals surface area contributed by atoms with Crippen LogP contribution in [0.2, 0.25) is 0 Å². The molecule has 3 N–H and O–H groups in total. The number of hydrogen-bond acceptors (Lipinski definition) is 6. The molecule has 4 heterocycles. The lowest BCUT2D eigenvalue weighted by atomic mass is 9.77. The van der Waals surface area contributed by atoms with Crippen molar-refractivity contribution in [2.45, 2.75) is 51.2 Å². The van der Waals surface area contributed by atoms with E-state index in [1.165, 1.54) is 28.8 Å². The highest BCUT2D eigenvalue weighted by molar-refractivity contribution is 5.95. The van der Waals surface area contributed by atoms with Crippen LogP contribution in [-0.2, 0) is 25.7 Å². The first-order valence-electron chi connectivity index (χ1n) is 11.9. The van der Waals surface area contributed by atoms with Gasteiger partial charge in [0.2, 0.25) is 5.75 Å². The minimum Gasteiger partial charge on any atom is -0.501 e. The number of nitrogens with zero attached hydrogens (tertiary/aromatic N) is 4. The van der Waals surface area contributed by atoms with Crippen molar-refractivity contribution >= 4 is 11.8 Å². The van der Waals surface area contributed by atoms with Gasteiger partial charge in [-0.15, -0.1) is 0 Å². The van der Waals surface area contributed by atoms with Crippen molar-refractivity contribution in [1.29, 1.82) is 0 Å². The number of nitrogens with one attached hydrogen (secondary N) is 2. The Bertz CT molecular complexity index is 1400. The van der Waals surface area contributed by atoms with Crippen LogP contribution >= 0.6 is 0 Å². The van der Waals surface area contributed by atoms with E-state index < -0.39 is 34.3 Å². The van der Waals surface area contributed by atoms with Crippen molar-refractivity contribution in [3.8, 4) is 5.75 Å². The van der Waals surface area contributed by atoms with Gasteiger partial charge in [0.1, 0.15) is 17.3 Å². The normalized spacial score (nSPS) is 20.5. The highest BCUT2D eigenvalue weighted by Crippen LogP contribution is 2.43. The van der Waals surface area contributed by atoms with Crippen LogP contribution in [0.4, 0.5) is 4.39 Å². The van der Waals surface area contributed by atoms with Gasteiger partial charge >= 0.3 is 0 Å². The van der Waals surface area contributed by atoms with E-state index in [2.05, 4.69) is 20.6 Å². The van der Waals surface area contributed by atoms with Gasteiger partial charge in [0.05, 0.1) is 11.9 Å². The molecular weight excluding hydrogens is 467 g/mol. The van der Waals surface area contributed by atoms with Crippen LogP contribution in [0.5, 0.6) is 5.75 Å². The first kappa shape index (κ1) is 23.7. The third kappa shape index (κ3) is 4.04. The standard InChI is InChI=1S/C25H27FN6O4/c1-14-18(28-13-31(14)2)22(35)30-25-9-7-16(8-10-25)12-32-23(36)20(33)19(29-24(25)32)21(34)27-11-15-3-5-17(26)6-4-15/h3-6,13,16,33H,7-12H2,1-2H3,(H,27,34)(H,30,35). The summed E-state index contributed by atoms with van der Waals surface area (Å²) in [4.78, 5) is 48.1. The Kier molecular flexibility index (Phi) is 5.85. The lowest BCUT2D eigenvalue weighted by molar-refractivity contribution is 0.0844. The number of fused-ring (bicyclic) bond motifs is 2. The van der Waals surface area contributed by atoms with Gasteiger partial charge in [-0.05, 0) is 56.2 Å². The van der Waals surface area contributed by atoms with E-state index in [-0.39, 0.29) is 29.9 Å². The molecular formula is C25H27FN6O4. The van der Waals surface area contributed by atoms with Gasteiger partial charge in [0, 0.05) is 25.8 Å². The number of carbonyl (C=O) groups is 2. The van der Waals surface area contributed by atoms with E-state index in [9.17, 15) is 23.9 Å². The maximum atomic E-state index is 13.2. The molecule has 11 heteroatoms. The van der Waals surface area contributed by atoms with Gasteiger partial charge in [-0.25, -0.2) is 14.4 Å². The summed E-state index contributed by atoms with van der Waals surface area (Å²) >= 11 is 0. The smallest absolute Gasteiger partial charge is 0.296 e. The molecule has 0 radical (unpaired) electrons. The Morgan fingerprint density at radius 3 is 2.50 bits per heavy atom. The lowest BCUT2D eigenvalue weighted by Crippen LogP contribution is -2.50. The number of benzene rings is 1. The Hall–Kier alpha value is -4.02. The zero-order valence-electron chi connectivity index (χ0n) is 20.0. The van der Waals surface area contributed by atoms with Crippen LogP contribution < -0.4 is 16.2 Å². The highest BCUT2D eigenvalue weighted by atomic mass is 19.1. The maximum absolute atomic E-state index is 13.2. The van der Waals surface area contributed by atoms with Gasteiger partial charge in [-0.2, -0.15) is 0 Å². The van der Waals surface area contributed by atoms with Crippen molar-refractivity contribution < 1.29 is 19.1 Å². The molecule has 1 saturated carbocycles. The van der Waals surface area contributed by atoms with Crippen molar-refractivity contribution in [1.82, 2.24) is 29.7 Å². The summed E-state index contributed by atoms with van der Waals surface area (Å²) < 4.78 is 16.3. The largest absolute Gasteiger partial charge is 0.501 e. The number of aryl methyl sites for hydroxylation is 1. The molecule has 3 aliphatic rings. The second-order valence-electron chi connectivity index (χ2n) is 9.63. The fourth-order valence-corrected chi connectivity index (χ4v) is 5.11. The third-order valence-electron chi connectivity index (χ3n) is 7.35. The van der Waals surface area contributed by atoms with Crippen LogP contribution in [-0.4, -0.2) is 36.0 Å². The van der Waals surface area contributed by atoms with E-state index in [4.69, 9.17) is 0 Å². The molecule has 0 saturated heterocycles. The number of hydrogen-bond donors (Lipinski definition) is 3. The number of carbonyl (C=O) groups excluding carboxylic acids is 2. The minimum absolute atomic E-state index is 0.0571. The minimum atomic E-state index is -0.979. The predicted molar refractivity (Wildman–Crippen MR) is 127 cm³/mol. The Morgan fingerprint density at radius 1 is 1.17 bits per heavy atom. The van der Waals surface area contributed by atoms with E-state index >= 15 is 0 Å². The predicted octanol–water partition coefficient (Wildman–Crippen LogP) is 1.89. The van der Waals surface area contributed by atoms with Crippen LogP contribution in [0.1, 0.15) is 63.7 Å². The quantitative estimate of drug-likeness (QED) is 0.497. The van der Waals surface area contributed by atoms with E-state index in [1.807, 2.05) is 0 Å². The fourth-order valence-electron chi connectivity index (χ4n) is 5.11. The molecule has 0 unspecified atom stereocenters. The molecule has 10 nitrogen and oxygen atoms in total. The first-order chi connectivity index (χ1) is 17.2. The summed E-state index contributed by atoms with van der Waals surface area (Å²) in [6, 6.07) is 5.60. The molecule has 188 valence electrons. The summed E-state index contributed by atoms with van der Waals surface area (Å²) in [5.74, 6) is -1.79. The van der Waals surface area contributed by atoms with E-state index in [0.717, 1.165) is 12.8 Å². The van der Waals surface area contributed by atoms with Crippen LogP contribution in [0.25, 0.3) is 0 Å². The second-order valence-corrected chi connectivity index (χ2v) is 9.63. The van der Waals surface area contributed by atoms with Crippen molar-refractivity contribution in [2.75, 3.05) is 0 Å². The lowest BCUT2D eigenvalue weighted by Gasteiger charge is -2.37. The van der Waals surface area contributed by atoms with Crippen LogP contribution in [0, 0.1) is 18.7 Å². The average molecular weight is 495 g/mol. The third-order valence-corrected chi connectivity index (χ3v) is 7.35. The van der Waals surface area contributed by atoms with Gasteiger partial charge in [0.25, 0.3) is 17.4 Å². The zero-order chi connectivity index (χ0) is 25.6. The van der Waals surface area contributed by atoms with Crippen LogP contribution in [0.15, 0.2) is 35.4 Å². The SMILES string of the molecule is Cc1c(C(=O)NC23CCC(CC2)Cn2c3nc(C(=O)NCc3ccc(F)cc3)c(O)c2=O)ncn1C. The molecule has 3 aromatic rings. The topological polar surface area (TPSA) is 131 Å². The number of halogens is 1. The first-order valence-corrected chi connectivity index (χ1v) is 11.9. The molecule has 2 amide bonds. The fraction of sp³-hybridized carbons (Fsp3) is 0.400. The van der Waals surface area contributed by atoms with Crippen LogP contribution in [0.3, 0.4) is 0 Å². The molecule has 1 fully saturated rings. The van der Waals surface area contributed by atoms with E-state index in [1.54, 1.807) is 24.9 Å². The summed E-state index contributed by atoms with van der Waals surface area (Å²) in [5.41, 5.74) is -0.475. The Balaban J connectivity index is 1.51. The van der Waals surface area contributed by atoms with Gasteiger partial charge in [0.15, 0.2) is 5.69 Å². The van der Waals surface area contributed by atoms with Gasteiger partial charge < -0.3 is 20.3 Å². The Labute approximate surface area is 206 Å². The monoisotopic (exact) mass is 494 g/mol. The van der Waals surface area contributed by atoms with Crippen molar-refractivity contribution in [3.05, 3.63) is 75.2 Å². The van der Waals surface area contributed by atoms with E-state index in [0.29, 0.717) is 30.6 Å². The zero-order valence-corrected chi connectivity index (χ0v) is 20.0. The van der Waals surface area contributed by atoms with Gasteiger partial charge in [-0.1, -0.05) is 12.1 Å². The van der Waals surface area contributed by atoms with Crippen molar-refractivity contribution in [2.24, 2.45) is 13.0 Å². The second kappa shape index (κ2) is 8.89. The molecule has 0 atom stereocenters. The number of aromatic hydroxyl groups is 1. The number of aromatic nitrogens is 4. The number of imidazole rings is 1. The van der Waals surface area contributed by atoms with Gasteiger partial charge in [-0.3, -0.25) is 19.0 Å². The molecule has 1 aliphatic carbocycles. The maximum Gasteiger partial charge on any atom is 0.296 e. The highest BCUT2D eigenvalue weighted by Gasteiger charge is 2.46. The number of rotatable bonds is 5. The molecule has 6 rings (SSSR count). The average Bonchev–Trinajstić information content (AvgIpc) is 3.04. The molecule has 2 aromatic heterocycles. The molecule has 36 heavy (non-hydrogen) atoms. The molecule has 0 spiro atoms. The molecule has 1 aromatic carbocycles. The summed E-state index contributed by atoms with van der Waals surface area (Å²) in [6.07, 6.45) is 4.17.